The third-order valence-electron chi connectivity index (χ3n) is 2.72. The molecule has 3 nitrogen and oxygen atoms in total. The Bertz CT molecular complexity index is 506. The number of nitrogens with zero attached hydrogens (tertiary/aromatic N) is 2. The lowest BCUT2D eigenvalue weighted by Gasteiger charge is -2.11. The average Bonchev–Trinajstić information content (AvgIpc) is 2.39. The molecule has 18 heavy (non-hydrogen) atoms. The summed E-state index contributed by atoms with van der Waals surface area (Å²) in [5.41, 5.74) is 3.25. The van der Waals surface area contributed by atoms with Crippen LogP contribution in [-0.4, -0.2) is 31.1 Å². The molecule has 2 rings (SSSR count). The van der Waals surface area contributed by atoms with E-state index in [1.54, 1.807) is 13.3 Å². The Morgan fingerprint density at radius 1 is 1.11 bits per heavy atom. The SMILES string of the molecule is COc1cccnc1-c1ccc(CN(C)C)cc1. The predicted octanol–water partition coefficient (Wildman–Crippen LogP) is 2.82. The standard InChI is InChI=1S/C15H18N2O/c1-17(2)11-12-6-8-13(9-7-12)15-14(18-3)5-4-10-16-15/h4-10H,11H2,1-3H3. The van der Waals surface area contributed by atoms with Crippen molar-refractivity contribution in [3.8, 4) is 17.0 Å². The van der Waals surface area contributed by atoms with E-state index >= 15 is 0 Å². The van der Waals surface area contributed by atoms with Crippen molar-refractivity contribution in [3.63, 3.8) is 0 Å². The molecule has 0 aliphatic heterocycles. The molecule has 0 aliphatic carbocycles. The van der Waals surface area contributed by atoms with E-state index in [1.165, 1.54) is 5.56 Å². The van der Waals surface area contributed by atoms with Gasteiger partial charge in [-0.2, -0.15) is 0 Å². The first kappa shape index (κ1) is 12.6. The van der Waals surface area contributed by atoms with Crippen LogP contribution in [-0.2, 0) is 6.54 Å². The summed E-state index contributed by atoms with van der Waals surface area (Å²) in [6, 6.07) is 12.2. The van der Waals surface area contributed by atoms with E-state index in [2.05, 4.69) is 48.2 Å². The topological polar surface area (TPSA) is 25.4 Å². The van der Waals surface area contributed by atoms with Gasteiger partial charge in [0, 0.05) is 18.3 Å². The summed E-state index contributed by atoms with van der Waals surface area (Å²) < 4.78 is 5.32. The first-order valence-corrected chi connectivity index (χ1v) is 5.94. The van der Waals surface area contributed by atoms with Gasteiger partial charge in [-0.3, -0.25) is 4.98 Å². The number of hydrogen-bond acceptors (Lipinski definition) is 3. The lowest BCUT2D eigenvalue weighted by atomic mass is 10.1. The summed E-state index contributed by atoms with van der Waals surface area (Å²) in [4.78, 5) is 6.52. The normalized spacial score (nSPS) is 10.7. The molecule has 0 amide bonds. The van der Waals surface area contributed by atoms with Gasteiger partial charge in [0.2, 0.25) is 0 Å². The molecule has 0 N–H and O–H groups in total. The van der Waals surface area contributed by atoms with Crippen molar-refractivity contribution >= 4 is 0 Å². The Morgan fingerprint density at radius 2 is 1.83 bits per heavy atom. The molecular formula is C15H18N2O. The van der Waals surface area contributed by atoms with Crippen LogP contribution in [0.5, 0.6) is 5.75 Å². The highest BCUT2D eigenvalue weighted by Gasteiger charge is 2.06. The minimum atomic E-state index is 0.804. The number of ether oxygens (including phenoxy) is 1. The molecule has 1 aromatic heterocycles. The van der Waals surface area contributed by atoms with Crippen LogP contribution in [0.15, 0.2) is 42.6 Å². The van der Waals surface area contributed by atoms with Crippen LogP contribution in [0, 0.1) is 0 Å². The first-order chi connectivity index (χ1) is 8.70. The third kappa shape index (κ3) is 2.87. The number of hydrogen-bond donors (Lipinski definition) is 0. The highest BCUT2D eigenvalue weighted by Crippen LogP contribution is 2.27. The third-order valence-corrected chi connectivity index (χ3v) is 2.72. The highest BCUT2D eigenvalue weighted by atomic mass is 16.5. The Balaban J connectivity index is 2.28. The Morgan fingerprint density at radius 3 is 2.44 bits per heavy atom. The van der Waals surface area contributed by atoms with E-state index in [-0.39, 0.29) is 0 Å². The average molecular weight is 242 g/mol. The van der Waals surface area contributed by atoms with Crippen LogP contribution in [0.3, 0.4) is 0 Å². The quantitative estimate of drug-likeness (QED) is 0.824. The summed E-state index contributed by atoms with van der Waals surface area (Å²) in [6.07, 6.45) is 1.78. The van der Waals surface area contributed by atoms with Crippen molar-refractivity contribution in [3.05, 3.63) is 48.2 Å². The van der Waals surface area contributed by atoms with Gasteiger partial charge in [-0.15, -0.1) is 0 Å². The molecule has 0 unspecified atom stereocenters. The lowest BCUT2D eigenvalue weighted by molar-refractivity contribution is 0.402. The van der Waals surface area contributed by atoms with Crippen molar-refractivity contribution in [2.24, 2.45) is 0 Å². The summed E-state index contributed by atoms with van der Waals surface area (Å²) in [5, 5.41) is 0. The number of pyridine rings is 1. The minimum absolute atomic E-state index is 0.804. The molecule has 94 valence electrons. The molecule has 2 aromatic rings. The zero-order valence-corrected chi connectivity index (χ0v) is 11.1. The molecular weight excluding hydrogens is 224 g/mol. The van der Waals surface area contributed by atoms with Gasteiger partial charge in [0.1, 0.15) is 11.4 Å². The second-order valence-electron chi connectivity index (χ2n) is 4.49. The molecule has 3 heteroatoms. The minimum Gasteiger partial charge on any atom is -0.494 e. The number of methoxy groups -OCH3 is 1. The summed E-state index contributed by atoms with van der Waals surface area (Å²) >= 11 is 0. The van der Waals surface area contributed by atoms with Crippen molar-refractivity contribution in [1.29, 1.82) is 0 Å². The van der Waals surface area contributed by atoms with Crippen molar-refractivity contribution in [2.75, 3.05) is 21.2 Å². The largest absolute Gasteiger partial charge is 0.494 e. The molecule has 0 radical (unpaired) electrons. The van der Waals surface area contributed by atoms with Crippen LogP contribution in [0.2, 0.25) is 0 Å². The molecule has 0 saturated heterocycles. The number of aromatic nitrogens is 1. The molecule has 1 aromatic carbocycles. The molecule has 0 saturated carbocycles. The van der Waals surface area contributed by atoms with Crippen LogP contribution in [0.4, 0.5) is 0 Å². The van der Waals surface area contributed by atoms with Gasteiger partial charge in [-0.1, -0.05) is 24.3 Å². The molecule has 0 spiro atoms. The second-order valence-corrected chi connectivity index (χ2v) is 4.49. The van der Waals surface area contributed by atoms with Crippen LogP contribution < -0.4 is 4.74 Å². The summed E-state index contributed by atoms with van der Waals surface area (Å²) in [7, 11) is 5.80. The van der Waals surface area contributed by atoms with E-state index in [9.17, 15) is 0 Å². The maximum atomic E-state index is 5.32. The van der Waals surface area contributed by atoms with Crippen LogP contribution in [0.25, 0.3) is 11.3 Å². The van der Waals surface area contributed by atoms with Gasteiger partial charge in [-0.05, 0) is 31.8 Å². The van der Waals surface area contributed by atoms with Crippen molar-refractivity contribution in [2.45, 2.75) is 6.54 Å². The second kappa shape index (κ2) is 5.65. The summed E-state index contributed by atoms with van der Waals surface area (Å²) in [5.74, 6) is 0.804. The van der Waals surface area contributed by atoms with Gasteiger partial charge >= 0.3 is 0 Å². The Labute approximate surface area is 108 Å². The van der Waals surface area contributed by atoms with E-state index in [1.807, 2.05) is 12.1 Å². The van der Waals surface area contributed by atoms with Gasteiger partial charge < -0.3 is 9.64 Å². The molecule has 0 aliphatic rings. The highest BCUT2D eigenvalue weighted by molar-refractivity contribution is 5.66. The van der Waals surface area contributed by atoms with Crippen molar-refractivity contribution < 1.29 is 4.74 Å². The van der Waals surface area contributed by atoms with Gasteiger partial charge in [0.15, 0.2) is 0 Å². The Hall–Kier alpha value is -1.87. The fourth-order valence-corrected chi connectivity index (χ4v) is 1.91. The monoisotopic (exact) mass is 242 g/mol. The fourth-order valence-electron chi connectivity index (χ4n) is 1.91. The zero-order chi connectivity index (χ0) is 13.0. The zero-order valence-electron chi connectivity index (χ0n) is 11.1. The number of benzene rings is 1. The van der Waals surface area contributed by atoms with Crippen molar-refractivity contribution in [1.82, 2.24) is 9.88 Å². The molecule has 0 atom stereocenters. The Kier molecular flexibility index (Phi) is 3.95. The number of rotatable bonds is 4. The van der Waals surface area contributed by atoms with Crippen LogP contribution in [0.1, 0.15) is 5.56 Å². The molecule has 1 heterocycles. The molecule has 0 bridgehead atoms. The first-order valence-electron chi connectivity index (χ1n) is 5.94. The molecule has 0 fully saturated rings. The van der Waals surface area contributed by atoms with Gasteiger partial charge in [0.25, 0.3) is 0 Å². The van der Waals surface area contributed by atoms with Gasteiger partial charge in [-0.25, -0.2) is 0 Å². The van der Waals surface area contributed by atoms with E-state index in [0.717, 1.165) is 23.6 Å². The fraction of sp³-hybridized carbons (Fsp3) is 0.267. The van der Waals surface area contributed by atoms with Gasteiger partial charge in [0.05, 0.1) is 7.11 Å². The van der Waals surface area contributed by atoms with E-state index < -0.39 is 0 Å². The summed E-state index contributed by atoms with van der Waals surface area (Å²) in [6.45, 7) is 0.944. The maximum Gasteiger partial charge on any atom is 0.145 e. The maximum absolute atomic E-state index is 5.32. The lowest BCUT2D eigenvalue weighted by Crippen LogP contribution is -2.10. The van der Waals surface area contributed by atoms with Crippen LogP contribution >= 0.6 is 0 Å². The smallest absolute Gasteiger partial charge is 0.145 e. The van der Waals surface area contributed by atoms with E-state index in [0.29, 0.717) is 0 Å². The predicted molar refractivity (Wildman–Crippen MR) is 73.6 cm³/mol. The van der Waals surface area contributed by atoms with E-state index in [4.69, 9.17) is 4.74 Å².